The SMILES string of the molecule is C=C(CCNC(=O)COc1ccc(Cl)cn1)NC(=O)c1ccc(Cl)c(Cl)c1. The van der Waals surface area contributed by atoms with Gasteiger partial charge in [-0.05, 0) is 24.3 Å². The van der Waals surface area contributed by atoms with E-state index in [1.165, 1.54) is 18.3 Å². The minimum Gasteiger partial charge on any atom is -0.468 e. The van der Waals surface area contributed by atoms with Crippen LogP contribution in [0.15, 0.2) is 48.8 Å². The van der Waals surface area contributed by atoms with Crippen molar-refractivity contribution < 1.29 is 14.3 Å². The molecule has 0 spiro atoms. The molecule has 2 N–H and O–H groups in total. The maximum absolute atomic E-state index is 12.1. The van der Waals surface area contributed by atoms with Crippen LogP contribution in [0.5, 0.6) is 5.88 Å². The van der Waals surface area contributed by atoms with Gasteiger partial charge < -0.3 is 15.4 Å². The smallest absolute Gasteiger partial charge is 0.258 e. The Balaban J connectivity index is 1.68. The number of halogens is 3. The number of rotatable bonds is 8. The lowest BCUT2D eigenvalue weighted by Crippen LogP contribution is -2.31. The maximum Gasteiger partial charge on any atom is 0.258 e. The van der Waals surface area contributed by atoms with E-state index >= 15 is 0 Å². The number of carbonyl (C=O) groups excluding carboxylic acids is 2. The lowest BCUT2D eigenvalue weighted by atomic mass is 10.2. The molecule has 0 unspecified atom stereocenters. The molecule has 0 aliphatic heterocycles. The van der Waals surface area contributed by atoms with Crippen LogP contribution in [-0.4, -0.2) is 29.9 Å². The van der Waals surface area contributed by atoms with Gasteiger partial charge in [-0.25, -0.2) is 4.98 Å². The molecule has 142 valence electrons. The highest BCUT2D eigenvalue weighted by Crippen LogP contribution is 2.22. The predicted molar refractivity (Wildman–Crippen MR) is 105 cm³/mol. The van der Waals surface area contributed by atoms with Crippen molar-refractivity contribution in [1.82, 2.24) is 15.6 Å². The van der Waals surface area contributed by atoms with Crippen LogP contribution < -0.4 is 15.4 Å². The monoisotopic (exact) mass is 427 g/mol. The number of carbonyl (C=O) groups is 2. The molecule has 0 radical (unpaired) electrons. The molecule has 0 bridgehead atoms. The fourth-order valence-corrected chi connectivity index (χ4v) is 2.33. The molecule has 2 rings (SSSR count). The quantitative estimate of drug-likeness (QED) is 0.669. The normalized spacial score (nSPS) is 10.2. The minimum atomic E-state index is -0.359. The molecular weight excluding hydrogens is 413 g/mol. The lowest BCUT2D eigenvalue weighted by Gasteiger charge is -2.10. The number of hydrogen-bond acceptors (Lipinski definition) is 4. The number of nitrogens with zero attached hydrogens (tertiary/aromatic N) is 1. The Morgan fingerprint density at radius 2 is 1.89 bits per heavy atom. The van der Waals surface area contributed by atoms with Gasteiger partial charge in [-0.1, -0.05) is 41.4 Å². The van der Waals surface area contributed by atoms with Crippen LogP contribution in [-0.2, 0) is 4.79 Å². The number of amides is 2. The second-order valence-electron chi connectivity index (χ2n) is 5.39. The van der Waals surface area contributed by atoms with E-state index in [4.69, 9.17) is 39.5 Å². The molecular formula is C18H16Cl3N3O3. The highest BCUT2D eigenvalue weighted by atomic mass is 35.5. The van der Waals surface area contributed by atoms with E-state index in [0.29, 0.717) is 33.6 Å². The average Bonchev–Trinajstić information content (AvgIpc) is 2.63. The molecule has 9 heteroatoms. The number of pyridine rings is 1. The summed E-state index contributed by atoms with van der Waals surface area (Å²) in [4.78, 5) is 27.8. The van der Waals surface area contributed by atoms with Crippen molar-refractivity contribution in [3.05, 3.63) is 69.4 Å². The molecule has 0 fully saturated rings. The summed E-state index contributed by atoms with van der Waals surface area (Å²) in [6.07, 6.45) is 1.79. The van der Waals surface area contributed by atoms with Gasteiger partial charge in [-0.2, -0.15) is 0 Å². The first kappa shape index (κ1) is 21.0. The summed E-state index contributed by atoms with van der Waals surface area (Å²) < 4.78 is 5.23. The van der Waals surface area contributed by atoms with E-state index in [-0.39, 0.29) is 30.0 Å². The molecule has 1 aromatic heterocycles. The first-order valence-corrected chi connectivity index (χ1v) is 8.94. The number of nitrogens with one attached hydrogen (secondary N) is 2. The molecule has 2 aromatic rings. The average molecular weight is 429 g/mol. The Morgan fingerprint density at radius 1 is 1.11 bits per heavy atom. The molecule has 0 aliphatic rings. The molecule has 2 amide bonds. The molecule has 1 heterocycles. The Hall–Kier alpha value is -2.28. The van der Waals surface area contributed by atoms with Crippen molar-refractivity contribution in [2.75, 3.05) is 13.2 Å². The number of ether oxygens (including phenoxy) is 1. The van der Waals surface area contributed by atoms with Crippen molar-refractivity contribution in [2.45, 2.75) is 6.42 Å². The van der Waals surface area contributed by atoms with E-state index in [0.717, 1.165) is 0 Å². The third kappa shape index (κ3) is 7.09. The van der Waals surface area contributed by atoms with Crippen LogP contribution in [0.25, 0.3) is 0 Å². The van der Waals surface area contributed by atoms with Gasteiger partial charge in [0.2, 0.25) is 5.88 Å². The van der Waals surface area contributed by atoms with E-state index < -0.39 is 0 Å². The third-order valence-corrected chi connectivity index (χ3v) is 4.24. The van der Waals surface area contributed by atoms with Crippen molar-refractivity contribution >= 4 is 46.6 Å². The van der Waals surface area contributed by atoms with Crippen LogP contribution in [0.2, 0.25) is 15.1 Å². The lowest BCUT2D eigenvalue weighted by molar-refractivity contribution is -0.123. The van der Waals surface area contributed by atoms with Gasteiger partial charge in [0.15, 0.2) is 6.61 Å². The summed E-state index contributed by atoms with van der Waals surface area (Å²) in [6, 6.07) is 7.74. The zero-order chi connectivity index (χ0) is 19.8. The van der Waals surface area contributed by atoms with Gasteiger partial charge in [-0.15, -0.1) is 0 Å². The molecule has 0 saturated carbocycles. The van der Waals surface area contributed by atoms with Crippen molar-refractivity contribution in [3.8, 4) is 5.88 Å². The van der Waals surface area contributed by atoms with Crippen molar-refractivity contribution in [1.29, 1.82) is 0 Å². The minimum absolute atomic E-state index is 0.184. The number of aromatic nitrogens is 1. The van der Waals surface area contributed by atoms with Gasteiger partial charge in [0.1, 0.15) is 0 Å². The van der Waals surface area contributed by atoms with Gasteiger partial charge in [0, 0.05) is 36.5 Å². The van der Waals surface area contributed by atoms with E-state index in [1.54, 1.807) is 18.2 Å². The second-order valence-corrected chi connectivity index (χ2v) is 6.64. The van der Waals surface area contributed by atoms with E-state index in [1.807, 2.05) is 0 Å². The molecule has 6 nitrogen and oxygen atoms in total. The largest absolute Gasteiger partial charge is 0.468 e. The molecule has 27 heavy (non-hydrogen) atoms. The first-order valence-electron chi connectivity index (χ1n) is 7.80. The van der Waals surface area contributed by atoms with Gasteiger partial charge in [0.05, 0.1) is 15.1 Å². The van der Waals surface area contributed by atoms with Crippen LogP contribution in [0.3, 0.4) is 0 Å². The summed E-state index contributed by atoms with van der Waals surface area (Å²) in [7, 11) is 0. The number of benzene rings is 1. The highest BCUT2D eigenvalue weighted by Gasteiger charge is 2.09. The van der Waals surface area contributed by atoms with Crippen LogP contribution in [0.1, 0.15) is 16.8 Å². The van der Waals surface area contributed by atoms with Crippen molar-refractivity contribution in [3.63, 3.8) is 0 Å². The summed E-state index contributed by atoms with van der Waals surface area (Å²) >= 11 is 17.4. The second kappa shape index (κ2) is 10.2. The third-order valence-electron chi connectivity index (χ3n) is 3.27. The van der Waals surface area contributed by atoms with Gasteiger partial charge in [0.25, 0.3) is 11.8 Å². The summed E-state index contributed by atoms with van der Waals surface area (Å²) in [5.41, 5.74) is 0.810. The summed E-state index contributed by atoms with van der Waals surface area (Å²) in [5.74, 6) is -0.384. The van der Waals surface area contributed by atoms with Crippen molar-refractivity contribution in [2.24, 2.45) is 0 Å². The fraction of sp³-hybridized carbons (Fsp3) is 0.167. The highest BCUT2D eigenvalue weighted by molar-refractivity contribution is 6.42. The fourth-order valence-electron chi connectivity index (χ4n) is 1.92. The maximum atomic E-state index is 12.1. The first-order chi connectivity index (χ1) is 12.8. The Kier molecular flexibility index (Phi) is 7.91. The van der Waals surface area contributed by atoms with Crippen LogP contribution in [0.4, 0.5) is 0 Å². The van der Waals surface area contributed by atoms with E-state index in [2.05, 4.69) is 22.2 Å². The molecule has 0 aliphatic carbocycles. The van der Waals surface area contributed by atoms with E-state index in [9.17, 15) is 9.59 Å². The van der Waals surface area contributed by atoms with Crippen LogP contribution in [0, 0.1) is 0 Å². The standard InChI is InChI=1S/C18H16Cl3N3O3/c1-11(24-18(26)12-2-4-14(20)15(21)8-12)6-7-22-16(25)10-27-17-5-3-13(19)9-23-17/h2-5,8-9H,1,6-7,10H2,(H,22,25)(H,24,26). The summed E-state index contributed by atoms with van der Waals surface area (Å²) in [5, 5.41) is 6.43. The Bertz CT molecular complexity index is 841. The Morgan fingerprint density at radius 3 is 2.56 bits per heavy atom. The topological polar surface area (TPSA) is 80.3 Å². The van der Waals surface area contributed by atoms with Gasteiger partial charge in [-0.3, -0.25) is 9.59 Å². The molecule has 0 saturated heterocycles. The van der Waals surface area contributed by atoms with Crippen LogP contribution >= 0.6 is 34.8 Å². The van der Waals surface area contributed by atoms with Gasteiger partial charge >= 0.3 is 0 Å². The molecule has 0 atom stereocenters. The predicted octanol–water partition coefficient (Wildman–Crippen LogP) is 3.87. The summed E-state index contributed by atoms with van der Waals surface area (Å²) in [6.45, 7) is 3.87. The molecule has 1 aromatic carbocycles. The zero-order valence-corrected chi connectivity index (χ0v) is 16.4. The zero-order valence-electron chi connectivity index (χ0n) is 14.1. The number of hydrogen-bond donors (Lipinski definition) is 2. The Labute approximate surface area is 171 Å².